The summed E-state index contributed by atoms with van der Waals surface area (Å²) >= 11 is 0. The maximum atomic E-state index is 12.0. The van der Waals surface area contributed by atoms with E-state index in [4.69, 9.17) is 0 Å². The van der Waals surface area contributed by atoms with Crippen LogP contribution in [0.15, 0.2) is 6.33 Å². The first-order valence-electron chi connectivity index (χ1n) is 9.50. The lowest BCUT2D eigenvalue weighted by molar-refractivity contribution is -0.126. The molecular formula is C18H31N5O2. The van der Waals surface area contributed by atoms with Gasteiger partial charge in [0.2, 0.25) is 11.8 Å². The Hall–Kier alpha value is -1.92. The van der Waals surface area contributed by atoms with Crippen molar-refractivity contribution in [2.75, 3.05) is 6.54 Å². The lowest BCUT2D eigenvalue weighted by atomic mass is 10.1. The zero-order valence-corrected chi connectivity index (χ0v) is 15.5. The minimum Gasteiger partial charge on any atom is -0.356 e. The Morgan fingerprint density at radius 2 is 1.84 bits per heavy atom. The Kier molecular flexibility index (Phi) is 7.88. The Labute approximate surface area is 150 Å². The smallest absolute Gasteiger partial charge is 0.220 e. The normalized spacial score (nSPS) is 15.8. The van der Waals surface area contributed by atoms with Gasteiger partial charge in [0.1, 0.15) is 12.2 Å². The van der Waals surface area contributed by atoms with Crippen molar-refractivity contribution in [3.8, 4) is 0 Å². The molecule has 1 heterocycles. The predicted octanol–water partition coefficient (Wildman–Crippen LogP) is 2.14. The van der Waals surface area contributed by atoms with E-state index in [1.807, 2.05) is 4.57 Å². The number of nitrogens with one attached hydrogen (secondary N) is 2. The third-order valence-corrected chi connectivity index (χ3v) is 4.67. The summed E-state index contributed by atoms with van der Waals surface area (Å²) in [7, 11) is 0. The molecule has 1 aliphatic rings. The molecule has 7 nitrogen and oxygen atoms in total. The van der Waals surface area contributed by atoms with Crippen LogP contribution in [-0.2, 0) is 16.0 Å². The van der Waals surface area contributed by atoms with E-state index >= 15 is 0 Å². The van der Waals surface area contributed by atoms with E-state index in [1.54, 1.807) is 6.33 Å². The monoisotopic (exact) mass is 349 g/mol. The average molecular weight is 349 g/mol. The van der Waals surface area contributed by atoms with Gasteiger partial charge in [-0.1, -0.05) is 25.7 Å². The highest BCUT2D eigenvalue weighted by atomic mass is 16.2. The molecule has 0 atom stereocenters. The van der Waals surface area contributed by atoms with Crippen molar-refractivity contribution >= 4 is 11.8 Å². The van der Waals surface area contributed by atoms with Gasteiger partial charge in [-0.05, 0) is 26.7 Å². The van der Waals surface area contributed by atoms with Crippen LogP contribution in [0, 0.1) is 0 Å². The second-order valence-electron chi connectivity index (χ2n) is 7.10. The number of hydrogen-bond acceptors (Lipinski definition) is 4. The summed E-state index contributed by atoms with van der Waals surface area (Å²) in [4.78, 5) is 23.9. The molecule has 0 saturated heterocycles. The third-order valence-electron chi connectivity index (χ3n) is 4.67. The van der Waals surface area contributed by atoms with Crippen molar-refractivity contribution in [3.05, 3.63) is 12.2 Å². The summed E-state index contributed by atoms with van der Waals surface area (Å²) in [6.45, 7) is 4.64. The van der Waals surface area contributed by atoms with E-state index in [-0.39, 0.29) is 24.7 Å². The van der Waals surface area contributed by atoms with Gasteiger partial charge in [0.15, 0.2) is 0 Å². The van der Waals surface area contributed by atoms with Crippen molar-refractivity contribution in [2.45, 2.75) is 83.7 Å². The number of hydrogen-bond donors (Lipinski definition) is 2. The van der Waals surface area contributed by atoms with Gasteiger partial charge >= 0.3 is 0 Å². The van der Waals surface area contributed by atoms with Crippen molar-refractivity contribution in [2.24, 2.45) is 0 Å². The van der Waals surface area contributed by atoms with E-state index < -0.39 is 0 Å². The molecular weight excluding hydrogens is 318 g/mol. The molecule has 2 N–H and O–H groups in total. The van der Waals surface area contributed by atoms with Gasteiger partial charge in [-0.15, -0.1) is 10.2 Å². The number of rotatable bonds is 8. The van der Waals surface area contributed by atoms with Gasteiger partial charge in [0.25, 0.3) is 0 Å². The quantitative estimate of drug-likeness (QED) is 0.704. The standard InChI is InChI=1S/C18H31N5O2/c1-14(2)23-13-20-22-16(23)11-12-19-17(24)9-10-18(25)21-15-7-5-3-4-6-8-15/h13-15H,3-12H2,1-2H3,(H,19,24)(H,21,25). The van der Waals surface area contributed by atoms with E-state index in [1.165, 1.54) is 25.7 Å². The Morgan fingerprint density at radius 1 is 1.16 bits per heavy atom. The van der Waals surface area contributed by atoms with Gasteiger partial charge in [-0.2, -0.15) is 0 Å². The lowest BCUT2D eigenvalue weighted by Gasteiger charge is -2.16. The average Bonchev–Trinajstić information content (AvgIpc) is 2.90. The van der Waals surface area contributed by atoms with Gasteiger partial charge in [0.05, 0.1) is 0 Å². The summed E-state index contributed by atoms with van der Waals surface area (Å²) in [5.74, 6) is 0.759. The molecule has 7 heteroatoms. The molecule has 1 fully saturated rings. The molecule has 0 aliphatic heterocycles. The maximum Gasteiger partial charge on any atom is 0.220 e. The predicted molar refractivity (Wildman–Crippen MR) is 96.0 cm³/mol. The molecule has 1 aromatic heterocycles. The maximum absolute atomic E-state index is 12.0. The van der Waals surface area contributed by atoms with Crippen LogP contribution in [-0.4, -0.2) is 39.2 Å². The summed E-state index contributed by atoms with van der Waals surface area (Å²) in [5, 5.41) is 13.9. The number of aromatic nitrogens is 3. The molecule has 1 aromatic rings. The fraction of sp³-hybridized carbons (Fsp3) is 0.778. The first-order valence-corrected chi connectivity index (χ1v) is 9.50. The largest absolute Gasteiger partial charge is 0.356 e. The van der Waals surface area contributed by atoms with E-state index in [2.05, 4.69) is 34.7 Å². The molecule has 0 radical (unpaired) electrons. The molecule has 0 aromatic carbocycles. The van der Waals surface area contributed by atoms with Crippen LogP contribution in [0.25, 0.3) is 0 Å². The van der Waals surface area contributed by atoms with Gasteiger partial charge in [0, 0.05) is 37.9 Å². The van der Waals surface area contributed by atoms with E-state index in [0.29, 0.717) is 25.0 Å². The number of amides is 2. The van der Waals surface area contributed by atoms with Crippen LogP contribution >= 0.6 is 0 Å². The minimum atomic E-state index is -0.0911. The SMILES string of the molecule is CC(C)n1cnnc1CCNC(=O)CCC(=O)NC1CCCCCC1. The lowest BCUT2D eigenvalue weighted by Crippen LogP contribution is -2.35. The summed E-state index contributed by atoms with van der Waals surface area (Å²) in [5.41, 5.74) is 0. The van der Waals surface area contributed by atoms with Crippen LogP contribution < -0.4 is 10.6 Å². The van der Waals surface area contributed by atoms with Gasteiger partial charge in [-0.3, -0.25) is 9.59 Å². The molecule has 140 valence electrons. The highest BCUT2D eigenvalue weighted by Gasteiger charge is 2.15. The highest BCUT2D eigenvalue weighted by molar-refractivity contribution is 5.83. The number of carbonyl (C=O) groups is 2. The molecule has 2 rings (SSSR count). The second kappa shape index (κ2) is 10.2. The van der Waals surface area contributed by atoms with Gasteiger partial charge in [-0.25, -0.2) is 0 Å². The Balaban J connectivity index is 1.61. The highest BCUT2D eigenvalue weighted by Crippen LogP contribution is 2.17. The zero-order valence-electron chi connectivity index (χ0n) is 15.5. The van der Waals surface area contributed by atoms with Crippen LogP contribution in [0.2, 0.25) is 0 Å². The molecule has 1 saturated carbocycles. The third kappa shape index (κ3) is 6.84. The van der Waals surface area contributed by atoms with Crippen LogP contribution in [0.4, 0.5) is 0 Å². The van der Waals surface area contributed by atoms with Crippen molar-refractivity contribution in [3.63, 3.8) is 0 Å². The van der Waals surface area contributed by atoms with Crippen molar-refractivity contribution in [1.29, 1.82) is 0 Å². The Bertz CT molecular complexity index is 547. The first kappa shape index (κ1) is 19.4. The van der Waals surface area contributed by atoms with E-state index in [9.17, 15) is 9.59 Å². The molecule has 25 heavy (non-hydrogen) atoms. The number of nitrogens with zero attached hydrogens (tertiary/aromatic N) is 3. The fourth-order valence-corrected chi connectivity index (χ4v) is 3.23. The first-order chi connectivity index (χ1) is 12.1. The molecule has 1 aliphatic carbocycles. The molecule has 0 unspecified atom stereocenters. The van der Waals surface area contributed by atoms with Crippen molar-refractivity contribution < 1.29 is 9.59 Å². The fourth-order valence-electron chi connectivity index (χ4n) is 3.23. The summed E-state index contributed by atoms with van der Waals surface area (Å²) in [6.07, 6.45) is 9.86. The molecule has 0 spiro atoms. The topological polar surface area (TPSA) is 88.9 Å². The van der Waals surface area contributed by atoms with Crippen LogP contribution in [0.1, 0.15) is 77.1 Å². The van der Waals surface area contributed by atoms with Crippen LogP contribution in [0.5, 0.6) is 0 Å². The minimum absolute atomic E-state index is 0.0124. The number of carbonyl (C=O) groups excluding carboxylic acids is 2. The second-order valence-corrected chi connectivity index (χ2v) is 7.10. The summed E-state index contributed by atoms with van der Waals surface area (Å²) in [6, 6.07) is 0.592. The Morgan fingerprint density at radius 3 is 2.52 bits per heavy atom. The van der Waals surface area contributed by atoms with Crippen molar-refractivity contribution in [1.82, 2.24) is 25.4 Å². The van der Waals surface area contributed by atoms with Gasteiger partial charge < -0.3 is 15.2 Å². The molecule has 0 bridgehead atoms. The van der Waals surface area contributed by atoms with E-state index in [0.717, 1.165) is 18.7 Å². The zero-order chi connectivity index (χ0) is 18.1. The summed E-state index contributed by atoms with van der Waals surface area (Å²) < 4.78 is 1.99. The van der Waals surface area contributed by atoms with Crippen LogP contribution in [0.3, 0.4) is 0 Å². The molecule has 2 amide bonds.